The summed E-state index contributed by atoms with van der Waals surface area (Å²) in [4.78, 5) is 17.5. The van der Waals surface area contributed by atoms with Gasteiger partial charge in [-0.15, -0.1) is 0 Å². The number of carbonyl (C=O) groups is 1. The number of hydrogen-bond donors (Lipinski definition) is 0. The molecule has 0 N–H and O–H groups in total. The van der Waals surface area contributed by atoms with Crippen molar-refractivity contribution in [3.63, 3.8) is 0 Å². The number of anilines is 1. The van der Waals surface area contributed by atoms with Gasteiger partial charge in [-0.3, -0.25) is 0 Å². The van der Waals surface area contributed by atoms with Crippen molar-refractivity contribution in [1.29, 1.82) is 0 Å². The van der Waals surface area contributed by atoms with Crippen LogP contribution in [0.4, 0.5) is 6.01 Å². The second-order valence-electron chi connectivity index (χ2n) is 3.98. The Labute approximate surface area is 100 Å². The van der Waals surface area contributed by atoms with E-state index in [0.717, 1.165) is 19.5 Å². The fraction of sp³-hybridized carbons (Fsp3) is 0.500. The predicted octanol–water partition coefficient (Wildman–Crippen LogP) is 2.01. The first kappa shape index (κ1) is 11.7. The summed E-state index contributed by atoms with van der Waals surface area (Å²) in [5, 5.41) is 0. The molecule has 0 bridgehead atoms. The molecule has 2 heterocycles. The molecular weight excluding hydrogens is 220 g/mol. The van der Waals surface area contributed by atoms with Crippen molar-refractivity contribution in [2.24, 2.45) is 0 Å². The zero-order chi connectivity index (χ0) is 12.3. The first-order valence-corrected chi connectivity index (χ1v) is 5.74. The highest BCUT2D eigenvalue weighted by Gasteiger charge is 2.18. The molecule has 2 rings (SSSR count). The van der Waals surface area contributed by atoms with Crippen LogP contribution in [0.3, 0.4) is 0 Å². The van der Waals surface area contributed by atoms with Crippen molar-refractivity contribution in [2.75, 3.05) is 24.6 Å². The van der Waals surface area contributed by atoms with Gasteiger partial charge in [-0.05, 0) is 20.3 Å². The molecule has 5 heteroatoms. The molecule has 0 aliphatic carbocycles. The lowest BCUT2D eigenvalue weighted by atomic mass is 10.1. The number of ether oxygens (including phenoxy) is 1. The molecule has 0 saturated heterocycles. The first-order chi connectivity index (χ1) is 8.20. The third-order valence-electron chi connectivity index (χ3n) is 2.68. The van der Waals surface area contributed by atoms with Gasteiger partial charge in [0.1, 0.15) is 6.26 Å². The van der Waals surface area contributed by atoms with E-state index in [1.54, 1.807) is 6.92 Å². The van der Waals surface area contributed by atoms with Crippen molar-refractivity contribution in [3.8, 4) is 0 Å². The van der Waals surface area contributed by atoms with Crippen LogP contribution in [0.1, 0.15) is 30.8 Å². The van der Waals surface area contributed by atoms with Gasteiger partial charge >= 0.3 is 5.97 Å². The Morgan fingerprint density at radius 2 is 2.47 bits per heavy atom. The monoisotopic (exact) mass is 236 g/mol. The minimum absolute atomic E-state index is 0.230. The third kappa shape index (κ3) is 2.67. The predicted molar refractivity (Wildman–Crippen MR) is 63.0 cm³/mol. The van der Waals surface area contributed by atoms with Gasteiger partial charge in [-0.1, -0.05) is 11.6 Å². The summed E-state index contributed by atoms with van der Waals surface area (Å²) >= 11 is 0. The van der Waals surface area contributed by atoms with Crippen LogP contribution in [0.5, 0.6) is 0 Å². The van der Waals surface area contributed by atoms with Crippen LogP contribution in [0.25, 0.3) is 0 Å². The zero-order valence-corrected chi connectivity index (χ0v) is 10.1. The van der Waals surface area contributed by atoms with Gasteiger partial charge in [0.25, 0.3) is 6.01 Å². The lowest BCUT2D eigenvalue weighted by molar-refractivity contribution is 0.0519. The summed E-state index contributed by atoms with van der Waals surface area (Å²) < 4.78 is 10.1. The largest absolute Gasteiger partial charge is 0.461 e. The Morgan fingerprint density at radius 1 is 1.65 bits per heavy atom. The average Bonchev–Trinajstić information content (AvgIpc) is 2.80. The van der Waals surface area contributed by atoms with Crippen LogP contribution in [-0.4, -0.2) is 30.6 Å². The first-order valence-electron chi connectivity index (χ1n) is 5.74. The van der Waals surface area contributed by atoms with Gasteiger partial charge in [-0.2, -0.15) is 4.98 Å². The number of esters is 1. The smallest absolute Gasteiger partial charge is 0.360 e. The van der Waals surface area contributed by atoms with Crippen LogP contribution in [0.15, 0.2) is 22.3 Å². The van der Waals surface area contributed by atoms with Crippen LogP contribution < -0.4 is 4.90 Å². The molecule has 0 atom stereocenters. The molecule has 92 valence electrons. The van der Waals surface area contributed by atoms with Crippen LogP contribution >= 0.6 is 0 Å². The van der Waals surface area contributed by atoms with Crippen molar-refractivity contribution in [1.82, 2.24) is 4.98 Å². The van der Waals surface area contributed by atoms with Gasteiger partial charge in [-0.25, -0.2) is 4.79 Å². The minimum Gasteiger partial charge on any atom is -0.461 e. The van der Waals surface area contributed by atoms with Crippen molar-refractivity contribution < 1.29 is 13.9 Å². The Bertz CT molecular complexity index is 437. The SMILES string of the molecule is CCOC(=O)c1coc(N2CC=C(C)CC2)n1. The molecule has 1 aliphatic rings. The third-order valence-corrected chi connectivity index (χ3v) is 2.68. The molecule has 0 unspecified atom stereocenters. The van der Waals surface area contributed by atoms with Crippen LogP contribution in [0, 0.1) is 0 Å². The van der Waals surface area contributed by atoms with E-state index in [0.29, 0.717) is 12.6 Å². The van der Waals surface area contributed by atoms with Gasteiger partial charge in [0.15, 0.2) is 5.69 Å². The second-order valence-corrected chi connectivity index (χ2v) is 3.98. The number of oxazole rings is 1. The maximum Gasteiger partial charge on any atom is 0.360 e. The molecule has 0 radical (unpaired) electrons. The fourth-order valence-corrected chi connectivity index (χ4v) is 1.65. The molecule has 0 spiro atoms. The summed E-state index contributed by atoms with van der Waals surface area (Å²) in [6.07, 6.45) is 4.48. The van der Waals surface area contributed by atoms with Crippen molar-refractivity contribution in [2.45, 2.75) is 20.3 Å². The van der Waals surface area contributed by atoms with E-state index >= 15 is 0 Å². The number of carbonyl (C=O) groups excluding carboxylic acids is 1. The zero-order valence-electron chi connectivity index (χ0n) is 10.1. The topological polar surface area (TPSA) is 55.6 Å². The number of aromatic nitrogens is 1. The normalized spacial score (nSPS) is 15.6. The van der Waals surface area contributed by atoms with E-state index in [1.165, 1.54) is 11.8 Å². The van der Waals surface area contributed by atoms with Gasteiger partial charge < -0.3 is 14.1 Å². The molecule has 17 heavy (non-hydrogen) atoms. The fourth-order valence-electron chi connectivity index (χ4n) is 1.65. The highest BCUT2D eigenvalue weighted by atomic mass is 16.5. The number of nitrogens with zero attached hydrogens (tertiary/aromatic N) is 2. The molecule has 0 saturated carbocycles. The Hall–Kier alpha value is -1.78. The summed E-state index contributed by atoms with van der Waals surface area (Å²) in [5.41, 5.74) is 1.60. The van der Waals surface area contributed by atoms with Gasteiger partial charge in [0, 0.05) is 13.1 Å². The molecule has 5 nitrogen and oxygen atoms in total. The molecule has 1 aromatic rings. The Balaban J connectivity index is 2.06. The Morgan fingerprint density at radius 3 is 3.12 bits per heavy atom. The van der Waals surface area contributed by atoms with Crippen LogP contribution in [-0.2, 0) is 4.74 Å². The minimum atomic E-state index is -0.439. The standard InChI is InChI=1S/C12H16N2O3/c1-3-16-11(15)10-8-17-12(13-10)14-6-4-9(2)5-7-14/h4,8H,3,5-7H2,1-2H3. The molecule has 1 aliphatic heterocycles. The number of hydrogen-bond acceptors (Lipinski definition) is 5. The Kier molecular flexibility index (Phi) is 3.46. The molecule has 0 amide bonds. The van der Waals surface area contributed by atoms with Crippen LogP contribution in [0.2, 0.25) is 0 Å². The van der Waals surface area contributed by atoms with E-state index < -0.39 is 5.97 Å². The second kappa shape index (κ2) is 5.03. The van der Waals surface area contributed by atoms with Crippen molar-refractivity contribution in [3.05, 3.63) is 23.6 Å². The van der Waals surface area contributed by atoms with Gasteiger partial charge in [0.2, 0.25) is 0 Å². The van der Waals surface area contributed by atoms with Crippen molar-refractivity contribution >= 4 is 12.0 Å². The lowest BCUT2D eigenvalue weighted by Gasteiger charge is -2.23. The molecule has 0 fully saturated rings. The number of rotatable bonds is 3. The summed E-state index contributed by atoms with van der Waals surface area (Å²) in [7, 11) is 0. The van der Waals surface area contributed by atoms with E-state index in [-0.39, 0.29) is 5.69 Å². The van der Waals surface area contributed by atoms with E-state index in [9.17, 15) is 4.79 Å². The van der Waals surface area contributed by atoms with E-state index in [4.69, 9.17) is 9.15 Å². The van der Waals surface area contributed by atoms with E-state index in [2.05, 4.69) is 18.0 Å². The lowest BCUT2D eigenvalue weighted by Crippen LogP contribution is -2.28. The molecule has 0 aromatic carbocycles. The summed E-state index contributed by atoms with van der Waals surface area (Å²) in [5.74, 6) is -0.439. The maximum absolute atomic E-state index is 11.4. The molecule has 1 aromatic heterocycles. The summed E-state index contributed by atoms with van der Waals surface area (Å²) in [6.45, 7) is 5.85. The maximum atomic E-state index is 11.4. The average molecular weight is 236 g/mol. The molecular formula is C12H16N2O3. The van der Waals surface area contributed by atoms with Gasteiger partial charge in [0.05, 0.1) is 6.61 Å². The highest BCUT2D eigenvalue weighted by Crippen LogP contribution is 2.19. The summed E-state index contributed by atoms with van der Waals surface area (Å²) in [6, 6.07) is 0.483. The highest BCUT2D eigenvalue weighted by molar-refractivity contribution is 5.87. The van der Waals surface area contributed by atoms with E-state index in [1.807, 2.05) is 4.90 Å². The quantitative estimate of drug-likeness (QED) is 0.593.